The number of ether oxygens (including phenoxy) is 1. The van der Waals surface area contributed by atoms with Gasteiger partial charge in [-0.25, -0.2) is 0 Å². The second-order valence-corrected chi connectivity index (χ2v) is 6.23. The van der Waals surface area contributed by atoms with E-state index in [9.17, 15) is 4.79 Å². The predicted molar refractivity (Wildman–Crippen MR) is 89.0 cm³/mol. The summed E-state index contributed by atoms with van der Waals surface area (Å²) in [5, 5.41) is 8.96. The second kappa shape index (κ2) is 6.72. The number of halogens is 2. The van der Waals surface area contributed by atoms with E-state index in [0.29, 0.717) is 29.1 Å². The molecule has 1 aliphatic heterocycles. The van der Waals surface area contributed by atoms with Crippen LogP contribution in [0.25, 0.3) is 0 Å². The third-order valence-corrected chi connectivity index (χ3v) is 4.52. The Hall–Kier alpha value is -1.85. The summed E-state index contributed by atoms with van der Waals surface area (Å²) in [7, 11) is 1.41. The van der Waals surface area contributed by atoms with Crippen LogP contribution < -0.4 is 4.90 Å². The Morgan fingerprint density at radius 1 is 1.13 bits per heavy atom. The number of nitrogens with zero attached hydrogens (tertiary/aromatic N) is 3. The smallest absolute Gasteiger partial charge is 0.311 e. The van der Waals surface area contributed by atoms with Crippen LogP contribution in [0, 0.1) is 5.92 Å². The largest absolute Gasteiger partial charge is 0.469 e. The fraction of sp³-hybridized carbons (Fsp3) is 0.312. The molecule has 3 rings (SSSR count). The number of anilines is 1. The molecule has 1 aromatic heterocycles. The SMILES string of the molecule is COC(=O)[C@@H]1CN(c2ccc(Cl)nn2)C[C@H]1c1ccc(Cl)cc1. The third kappa shape index (κ3) is 3.41. The van der Waals surface area contributed by atoms with Crippen LogP contribution >= 0.6 is 23.2 Å². The van der Waals surface area contributed by atoms with E-state index < -0.39 is 0 Å². The zero-order chi connectivity index (χ0) is 16.4. The van der Waals surface area contributed by atoms with E-state index in [4.69, 9.17) is 27.9 Å². The quantitative estimate of drug-likeness (QED) is 0.795. The molecule has 2 aromatic rings. The number of carbonyl (C=O) groups is 1. The average molecular weight is 352 g/mol. The number of rotatable bonds is 3. The zero-order valence-electron chi connectivity index (χ0n) is 12.4. The van der Waals surface area contributed by atoms with Crippen molar-refractivity contribution in [1.82, 2.24) is 10.2 Å². The normalized spacial score (nSPS) is 20.6. The first-order chi connectivity index (χ1) is 11.1. The molecular weight excluding hydrogens is 337 g/mol. The molecule has 2 heterocycles. The highest BCUT2D eigenvalue weighted by atomic mass is 35.5. The summed E-state index contributed by atoms with van der Waals surface area (Å²) in [6.45, 7) is 1.17. The maximum atomic E-state index is 12.2. The van der Waals surface area contributed by atoms with Crippen LogP contribution in [0.1, 0.15) is 11.5 Å². The van der Waals surface area contributed by atoms with Gasteiger partial charge in [-0.1, -0.05) is 35.3 Å². The lowest BCUT2D eigenvalue weighted by atomic mass is 9.89. The van der Waals surface area contributed by atoms with Crippen LogP contribution in [0.15, 0.2) is 36.4 Å². The van der Waals surface area contributed by atoms with Gasteiger partial charge in [0.25, 0.3) is 0 Å². The summed E-state index contributed by atoms with van der Waals surface area (Å²) in [5.74, 6) is 0.213. The maximum absolute atomic E-state index is 12.2. The lowest BCUT2D eigenvalue weighted by molar-refractivity contribution is -0.145. The monoisotopic (exact) mass is 351 g/mol. The van der Waals surface area contributed by atoms with E-state index in [2.05, 4.69) is 10.2 Å². The second-order valence-electron chi connectivity index (χ2n) is 5.41. The Kier molecular flexibility index (Phi) is 4.68. The van der Waals surface area contributed by atoms with Crippen molar-refractivity contribution in [2.24, 2.45) is 5.92 Å². The molecule has 0 bridgehead atoms. The van der Waals surface area contributed by atoms with Crippen molar-refractivity contribution in [3.63, 3.8) is 0 Å². The molecule has 23 heavy (non-hydrogen) atoms. The summed E-state index contributed by atoms with van der Waals surface area (Å²) in [6.07, 6.45) is 0. The van der Waals surface area contributed by atoms with Crippen LogP contribution in [0.5, 0.6) is 0 Å². The summed E-state index contributed by atoms with van der Waals surface area (Å²) < 4.78 is 4.96. The van der Waals surface area contributed by atoms with Gasteiger partial charge in [-0.05, 0) is 29.8 Å². The van der Waals surface area contributed by atoms with Crippen LogP contribution in [-0.4, -0.2) is 36.4 Å². The van der Waals surface area contributed by atoms with Gasteiger partial charge in [0.2, 0.25) is 0 Å². The lowest BCUT2D eigenvalue weighted by Gasteiger charge is -2.16. The van der Waals surface area contributed by atoms with Crippen molar-refractivity contribution in [3.05, 3.63) is 52.1 Å². The fourth-order valence-electron chi connectivity index (χ4n) is 2.91. The molecule has 2 atom stereocenters. The maximum Gasteiger partial charge on any atom is 0.311 e. The van der Waals surface area contributed by atoms with Gasteiger partial charge >= 0.3 is 5.97 Å². The third-order valence-electron chi connectivity index (χ3n) is 4.06. The fourth-order valence-corrected chi connectivity index (χ4v) is 3.13. The molecule has 0 aliphatic carbocycles. The van der Waals surface area contributed by atoms with Crippen molar-refractivity contribution < 1.29 is 9.53 Å². The highest BCUT2D eigenvalue weighted by molar-refractivity contribution is 6.30. The Morgan fingerprint density at radius 3 is 2.48 bits per heavy atom. The Balaban J connectivity index is 1.88. The van der Waals surface area contributed by atoms with Gasteiger partial charge in [-0.3, -0.25) is 4.79 Å². The molecule has 1 fully saturated rings. The topological polar surface area (TPSA) is 55.3 Å². The van der Waals surface area contributed by atoms with Crippen molar-refractivity contribution in [2.75, 3.05) is 25.1 Å². The molecule has 0 unspecified atom stereocenters. The van der Waals surface area contributed by atoms with Crippen molar-refractivity contribution in [2.45, 2.75) is 5.92 Å². The Labute approximate surface area is 144 Å². The van der Waals surface area contributed by atoms with Gasteiger partial charge in [0.05, 0.1) is 13.0 Å². The van der Waals surface area contributed by atoms with Crippen LogP contribution in [0.4, 0.5) is 5.82 Å². The van der Waals surface area contributed by atoms with Crippen LogP contribution in [0.3, 0.4) is 0 Å². The molecule has 1 saturated heterocycles. The van der Waals surface area contributed by atoms with E-state index in [1.807, 2.05) is 29.2 Å². The van der Waals surface area contributed by atoms with Crippen LogP contribution in [0.2, 0.25) is 10.2 Å². The number of methoxy groups -OCH3 is 1. The van der Waals surface area contributed by atoms with E-state index in [1.54, 1.807) is 12.1 Å². The van der Waals surface area contributed by atoms with E-state index in [1.165, 1.54) is 7.11 Å². The molecule has 120 valence electrons. The zero-order valence-corrected chi connectivity index (χ0v) is 14.0. The number of hydrogen-bond acceptors (Lipinski definition) is 5. The van der Waals surface area contributed by atoms with Crippen molar-refractivity contribution in [1.29, 1.82) is 0 Å². The predicted octanol–water partition coefficient (Wildman–Crippen LogP) is 3.18. The lowest BCUT2D eigenvalue weighted by Crippen LogP contribution is -2.25. The minimum atomic E-state index is -0.265. The molecule has 0 N–H and O–H groups in total. The first-order valence-electron chi connectivity index (χ1n) is 7.16. The first-order valence-corrected chi connectivity index (χ1v) is 7.91. The molecule has 0 amide bonds. The Morgan fingerprint density at radius 2 is 1.87 bits per heavy atom. The van der Waals surface area contributed by atoms with Gasteiger partial charge in [-0.15, -0.1) is 10.2 Å². The van der Waals surface area contributed by atoms with E-state index >= 15 is 0 Å². The first kappa shape index (κ1) is 16.0. The summed E-state index contributed by atoms with van der Waals surface area (Å²) in [5.41, 5.74) is 1.05. The van der Waals surface area contributed by atoms with E-state index in [0.717, 1.165) is 5.56 Å². The average Bonchev–Trinajstić information content (AvgIpc) is 3.00. The van der Waals surface area contributed by atoms with Gasteiger partial charge in [0.15, 0.2) is 11.0 Å². The molecule has 7 heteroatoms. The number of carbonyl (C=O) groups excluding carboxylic acids is 1. The van der Waals surface area contributed by atoms with E-state index in [-0.39, 0.29) is 17.8 Å². The van der Waals surface area contributed by atoms with Crippen molar-refractivity contribution >= 4 is 35.0 Å². The van der Waals surface area contributed by atoms with Gasteiger partial charge < -0.3 is 9.64 Å². The molecule has 0 saturated carbocycles. The summed E-state index contributed by atoms with van der Waals surface area (Å²) in [6, 6.07) is 11.0. The standard InChI is InChI=1S/C16H15Cl2N3O2/c1-23-16(22)13-9-21(15-7-6-14(18)19-20-15)8-12(13)10-2-4-11(17)5-3-10/h2-7,12-13H,8-9H2,1H3/t12-,13+/m0/s1. The molecule has 1 aliphatic rings. The molecule has 0 spiro atoms. The summed E-state index contributed by atoms with van der Waals surface area (Å²) in [4.78, 5) is 14.2. The number of hydrogen-bond donors (Lipinski definition) is 0. The summed E-state index contributed by atoms with van der Waals surface area (Å²) >= 11 is 11.7. The van der Waals surface area contributed by atoms with Gasteiger partial charge in [0, 0.05) is 24.0 Å². The minimum absolute atomic E-state index is 0.0113. The van der Waals surface area contributed by atoms with Crippen molar-refractivity contribution in [3.8, 4) is 0 Å². The molecule has 5 nitrogen and oxygen atoms in total. The van der Waals surface area contributed by atoms with Crippen LogP contribution in [-0.2, 0) is 9.53 Å². The highest BCUT2D eigenvalue weighted by Crippen LogP contribution is 2.35. The Bertz CT molecular complexity index is 691. The highest BCUT2D eigenvalue weighted by Gasteiger charge is 2.39. The molecular formula is C16H15Cl2N3O2. The van der Waals surface area contributed by atoms with Gasteiger partial charge in [0.1, 0.15) is 0 Å². The number of benzene rings is 1. The minimum Gasteiger partial charge on any atom is -0.469 e. The van der Waals surface area contributed by atoms with Gasteiger partial charge in [-0.2, -0.15) is 0 Å². The number of aromatic nitrogens is 2. The number of esters is 1. The molecule has 0 radical (unpaired) electrons. The molecule has 1 aromatic carbocycles.